The van der Waals surface area contributed by atoms with Crippen LogP contribution in [0.25, 0.3) is 0 Å². The molecule has 66 valence electrons. The standard InChI is InChI=1S/C9H11FO2/c1-6(2)12-8-5-3-4-7(11)9(8)10/h3-6,11H,1-2H3. The number of hydrogen-bond acceptors (Lipinski definition) is 2. The molecule has 0 unspecified atom stereocenters. The molecule has 1 aromatic rings. The lowest BCUT2D eigenvalue weighted by atomic mass is 10.3. The largest absolute Gasteiger partial charge is 0.505 e. The van der Waals surface area contributed by atoms with E-state index in [0.717, 1.165) is 0 Å². The zero-order valence-corrected chi connectivity index (χ0v) is 7.04. The normalized spacial score (nSPS) is 10.3. The number of rotatable bonds is 2. The number of ether oxygens (including phenoxy) is 1. The maximum absolute atomic E-state index is 13.0. The average molecular weight is 170 g/mol. The molecule has 2 nitrogen and oxygen atoms in total. The first-order chi connectivity index (χ1) is 5.61. The molecular weight excluding hydrogens is 159 g/mol. The summed E-state index contributed by atoms with van der Waals surface area (Å²) in [6, 6.07) is 4.30. The van der Waals surface area contributed by atoms with Crippen LogP contribution in [0.1, 0.15) is 13.8 Å². The van der Waals surface area contributed by atoms with Crippen molar-refractivity contribution in [3.05, 3.63) is 24.0 Å². The van der Waals surface area contributed by atoms with Gasteiger partial charge in [0.2, 0.25) is 5.82 Å². The number of aromatic hydroxyl groups is 1. The third kappa shape index (κ3) is 1.87. The lowest BCUT2D eigenvalue weighted by Crippen LogP contribution is -2.06. The fourth-order valence-corrected chi connectivity index (χ4v) is 0.844. The predicted octanol–water partition coefficient (Wildman–Crippen LogP) is 2.32. The molecule has 12 heavy (non-hydrogen) atoms. The summed E-state index contributed by atoms with van der Waals surface area (Å²) in [4.78, 5) is 0. The van der Waals surface area contributed by atoms with Crippen LogP contribution in [0.3, 0.4) is 0 Å². The average Bonchev–Trinajstić information content (AvgIpc) is 1.98. The summed E-state index contributed by atoms with van der Waals surface area (Å²) in [5.74, 6) is -0.996. The van der Waals surface area contributed by atoms with Crippen molar-refractivity contribution in [3.63, 3.8) is 0 Å². The van der Waals surface area contributed by atoms with Crippen LogP contribution < -0.4 is 4.74 Å². The van der Waals surface area contributed by atoms with Crippen LogP contribution in [0, 0.1) is 5.82 Å². The first-order valence-corrected chi connectivity index (χ1v) is 3.75. The van der Waals surface area contributed by atoms with Crippen molar-refractivity contribution >= 4 is 0 Å². The Hall–Kier alpha value is -1.25. The van der Waals surface area contributed by atoms with Gasteiger partial charge in [0.1, 0.15) is 0 Å². The van der Waals surface area contributed by atoms with Crippen LogP contribution in [0.5, 0.6) is 11.5 Å². The highest BCUT2D eigenvalue weighted by atomic mass is 19.1. The van der Waals surface area contributed by atoms with E-state index in [9.17, 15) is 4.39 Å². The van der Waals surface area contributed by atoms with E-state index in [4.69, 9.17) is 9.84 Å². The van der Waals surface area contributed by atoms with Crippen LogP contribution in [0.4, 0.5) is 4.39 Å². The minimum Gasteiger partial charge on any atom is -0.505 e. The minimum atomic E-state index is -0.703. The molecule has 0 radical (unpaired) electrons. The molecule has 1 N–H and O–H groups in total. The Balaban J connectivity index is 2.92. The summed E-state index contributed by atoms with van der Waals surface area (Å²) in [7, 11) is 0. The molecule has 0 heterocycles. The van der Waals surface area contributed by atoms with Crippen LogP contribution in [-0.4, -0.2) is 11.2 Å². The van der Waals surface area contributed by atoms with Crippen LogP contribution >= 0.6 is 0 Å². The minimum absolute atomic E-state index is 0.0880. The van der Waals surface area contributed by atoms with Gasteiger partial charge < -0.3 is 9.84 Å². The Morgan fingerprint density at radius 2 is 2.08 bits per heavy atom. The van der Waals surface area contributed by atoms with Gasteiger partial charge >= 0.3 is 0 Å². The Kier molecular flexibility index (Phi) is 2.53. The molecule has 0 aliphatic heterocycles. The molecule has 0 aliphatic carbocycles. The van der Waals surface area contributed by atoms with E-state index in [1.165, 1.54) is 18.2 Å². The maximum Gasteiger partial charge on any atom is 0.206 e. The zero-order valence-electron chi connectivity index (χ0n) is 7.04. The van der Waals surface area contributed by atoms with Crippen LogP contribution in [0.2, 0.25) is 0 Å². The van der Waals surface area contributed by atoms with E-state index in [1.54, 1.807) is 13.8 Å². The fourth-order valence-electron chi connectivity index (χ4n) is 0.844. The lowest BCUT2D eigenvalue weighted by molar-refractivity contribution is 0.228. The molecule has 0 aromatic heterocycles. The molecule has 1 rings (SSSR count). The van der Waals surface area contributed by atoms with Crippen molar-refractivity contribution in [2.45, 2.75) is 20.0 Å². The smallest absolute Gasteiger partial charge is 0.206 e. The third-order valence-electron chi connectivity index (χ3n) is 1.31. The molecule has 0 bridgehead atoms. The predicted molar refractivity (Wildman–Crippen MR) is 43.8 cm³/mol. The first kappa shape index (κ1) is 8.84. The molecule has 0 amide bonds. The van der Waals surface area contributed by atoms with Gasteiger partial charge in [-0.1, -0.05) is 6.07 Å². The zero-order chi connectivity index (χ0) is 9.14. The molecule has 0 spiro atoms. The van der Waals surface area contributed by atoms with Crippen molar-refractivity contribution in [1.82, 2.24) is 0 Å². The molecule has 3 heteroatoms. The quantitative estimate of drug-likeness (QED) is 0.738. The maximum atomic E-state index is 13.0. The number of hydrogen-bond donors (Lipinski definition) is 1. The van der Waals surface area contributed by atoms with Crippen molar-refractivity contribution in [1.29, 1.82) is 0 Å². The van der Waals surface area contributed by atoms with Crippen molar-refractivity contribution in [2.24, 2.45) is 0 Å². The van der Waals surface area contributed by atoms with Crippen LogP contribution in [0.15, 0.2) is 18.2 Å². The van der Waals surface area contributed by atoms with Gasteiger partial charge in [-0.15, -0.1) is 0 Å². The summed E-state index contributed by atoms with van der Waals surface area (Å²) in [6.07, 6.45) is -0.0960. The van der Waals surface area contributed by atoms with Gasteiger partial charge in [0.05, 0.1) is 6.10 Å². The monoisotopic (exact) mass is 170 g/mol. The Bertz CT molecular complexity index is 271. The van der Waals surface area contributed by atoms with E-state index in [1.807, 2.05) is 0 Å². The van der Waals surface area contributed by atoms with Crippen molar-refractivity contribution in [2.75, 3.05) is 0 Å². The highest BCUT2D eigenvalue weighted by molar-refractivity contribution is 5.34. The summed E-state index contributed by atoms with van der Waals surface area (Å²) < 4.78 is 18.1. The number of phenolic OH excluding ortho intramolecular Hbond substituents is 1. The highest BCUT2D eigenvalue weighted by Crippen LogP contribution is 2.25. The van der Waals surface area contributed by atoms with Gasteiger partial charge in [0.15, 0.2) is 11.5 Å². The number of phenols is 1. The van der Waals surface area contributed by atoms with Gasteiger partial charge in [-0.3, -0.25) is 0 Å². The third-order valence-corrected chi connectivity index (χ3v) is 1.31. The topological polar surface area (TPSA) is 29.5 Å². The van der Waals surface area contributed by atoms with Gasteiger partial charge in [-0.05, 0) is 26.0 Å². The SMILES string of the molecule is CC(C)Oc1cccc(O)c1F. The van der Waals surface area contributed by atoms with E-state index >= 15 is 0 Å². The summed E-state index contributed by atoms with van der Waals surface area (Å²) in [6.45, 7) is 3.59. The molecule has 0 fully saturated rings. The molecule has 0 saturated carbocycles. The van der Waals surface area contributed by atoms with Gasteiger partial charge in [0, 0.05) is 0 Å². The second-order valence-electron chi connectivity index (χ2n) is 2.76. The fraction of sp³-hybridized carbons (Fsp3) is 0.333. The van der Waals surface area contributed by atoms with Crippen molar-refractivity contribution < 1.29 is 14.2 Å². The molecule has 0 aliphatic rings. The highest BCUT2D eigenvalue weighted by Gasteiger charge is 2.08. The number of halogens is 1. The Morgan fingerprint density at radius 3 is 2.67 bits per heavy atom. The molecule has 0 saturated heterocycles. The van der Waals surface area contributed by atoms with Crippen LogP contribution in [-0.2, 0) is 0 Å². The molecule has 1 aromatic carbocycles. The van der Waals surface area contributed by atoms with Gasteiger partial charge in [-0.2, -0.15) is 4.39 Å². The van der Waals surface area contributed by atoms with Gasteiger partial charge in [0.25, 0.3) is 0 Å². The van der Waals surface area contributed by atoms with E-state index in [0.29, 0.717) is 0 Å². The lowest BCUT2D eigenvalue weighted by Gasteiger charge is -2.10. The second-order valence-corrected chi connectivity index (χ2v) is 2.76. The van der Waals surface area contributed by atoms with Crippen molar-refractivity contribution in [3.8, 4) is 11.5 Å². The van der Waals surface area contributed by atoms with E-state index in [-0.39, 0.29) is 17.6 Å². The summed E-state index contributed by atoms with van der Waals surface area (Å²) in [5, 5.41) is 8.96. The molecular formula is C9H11FO2. The summed E-state index contributed by atoms with van der Waals surface area (Å²) >= 11 is 0. The molecule has 0 atom stereocenters. The summed E-state index contributed by atoms with van der Waals surface area (Å²) in [5.41, 5.74) is 0. The first-order valence-electron chi connectivity index (χ1n) is 3.75. The second kappa shape index (κ2) is 3.43. The Morgan fingerprint density at radius 1 is 1.42 bits per heavy atom. The van der Waals surface area contributed by atoms with Gasteiger partial charge in [-0.25, -0.2) is 0 Å². The van der Waals surface area contributed by atoms with E-state index < -0.39 is 5.82 Å². The number of benzene rings is 1. The van der Waals surface area contributed by atoms with E-state index in [2.05, 4.69) is 0 Å². The Labute approximate surface area is 70.6 Å².